The SMILES string of the molecule is CC(C)(C)c1ccccc1Oc1ccc(CBr)c(Cl)c1. The van der Waals surface area contributed by atoms with Crippen LogP contribution in [0, 0.1) is 0 Å². The lowest BCUT2D eigenvalue weighted by molar-refractivity contribution is 0.455. The van der Waals surface area contributed by atoms with Crippen LogP contribution in [0.1, 0.15) is 31.9 Å². The van der Waals surface area contributed by atoms with Crippen LogP contribution in [0.5, 0.6) is 11.5 Å². The molecular formula is C17H18BrClO. The fraction of sp³-hybridized carbons (Fsp3) is 0.294. The number of halogens is 2. The molecule has 0 unspecified atom stereocenters. The topological polar surface area (TPSA) is 9.23 Å². The van der Waals surface area contributed by atoms with Gasteiger partial charge in [-0.2, -0.15) is 0 Å². The molecule has 2 rings (SSSR count). The van der Waals surface area contributed by atoms with Crippen LogP contribution < -0.4 is 4.74 Å². The minimum Gasteiger partial charge on any atom is -0.457 e. The van der Waals surface area contributed by atoms with E-state index < -0.39 is 0 Å². The molecule has 0 spiro atoms. The molecule has 0 fully saturated rings. The first-order valence-electron chi connectivity index (χ1n) is 6.53. The largest absolute Gasteiger partial charge is 0.457 e. The Hall–Kier alpha value is -0.990. The third-order valence-electron chi connectivity index (χ3n) is 3.09. The van der Waals surface area contributed by atoms with Gasteiger partial charge in [-0.1, -0.05) is 72.6 Å². The summed E-state index contributed by atoms with van der Waals surface area (Å²) in [4.78, 5) is 0. The van der Waals surface area contributed by atoms with Gasteiger partial charge < -0.3 is 4.74 Å². The van der Waals surface area contributed by atoms with Crippen LogP contribution >= 0.6 is 27.5 Å². The second kappa shape index (κ2) is 6.19. The van der Waals surface area contributed by atoms with Crippen molar-refractivity contribution >= 4 is 27.5 Å². The maximum atomic E-state index is 6.22. The summed E-state index contributed by atoms with van der Waals surface area (Å²) >= 11 is 9.63. The highest BCUT2D eigenvalue weighted by Gasteiger charge is 2.18. The molecule has 0 saturated heterocycles. The monoisotopic (exact) mass is 352 g/mol. The third-order valence-corrected chi connectivity index (χ3v) is 4.05. The van der Waals surface area contributed by atoms with Gasteiger partial charge in [-0.15, -0.1) is 0 Å². The van der Waals surface area contributed by atoms with E-state index in [9.17, 15) is 0 Å². The summed E-state index contributed by atoms with van der Waals surface area (Å²) in [6, 6.07) is 13.9. The van der Waals surface area contributed by atoms with Crippen molar-refractivity contribution in [2.24, 2.45) is 0 Å². The summed E-state index contributed by atoms with van der Waals surface area (Å²) in [7, 11) is 0. The molecule has 0 atom stereocenters. The van der Waals surface area contributed by atoms with Gasteiger partial charge in [0.2, 0.25) is 0 Å². The van der Waals surface area contributed by atoms with E-state index in [2.05, 4.69) is 42.8 Å². The van der Waals surface area contributed by atoms with E-state index in [4.69, 9.17) is 16.3 Å². The summed E-state index contributed by atoms with van der Waals surface area (Å²) in [5.41, 5.74) is 2.28. The highest BCUT2D eigenvalue weighted by molar-refractivity contribution is 9.08. The fourth-order valence-electron chi connectivity index (χ4n) is 2.00. The second-order valence-electron chi connectivity index (χ2n) is 5.74. The lowest BCUT2D eigenvalue weighted by Crippen LogP contribution is -2.12. The van der Waals surface area contributed by atoms with Crippen molar-refractivity contribution in [1.82, 2.24) is 0 Å². The molecule has 0 heterocycles. The first-order valence-corrected chi connectivity index (χ1v) is 8.03. The quantitative estimate of drug-likeness (QED) is 0.586. The average molecular weight is 354 g/mol. The van der Waals surface area contributed by atoms with Gasteiger partial charge in [-0.05, 0) is 29.2 Å². The Bertz CT molecular complexity index is 602. The maximum absolute atomic E-state index is 6.22. The van der Waals surface area contributed by atoms with E-state index in [1.54, 1.807) is 0 Å². The molecule has 0 amide bonds. The van der Waals surface area contributed by atoms with Gasteiger partial charge >= 0.3 is 0 Å². The van der Waals surface area contributed by atoms with E-state index in [1.807, 2.05) is 36.4 Å². The van der Waals surface area contributed by atoms with Crippen LogP contribution in [0.4, 0.5) is 0 Å². The summed E-state index contributed by atoms with van der Waals surface area (Å²) in [6.07, 6.45) is 0. The minimum atomic E-state index is 0.0379. The maximum Gasteiger partial charge on any atom is 0.131 e. The molecule has 1 nitrogen and oxygen atoms in total. The number of hydrogen-bond acceptors (Lipinski definition) is 1. The first-order chi connectivity index (χ1) is 9.41. The lowest BCUT2D eigenvalue weighted by Gasteiger charge is -2.22. The number of ether oxygens (including phenoxy) is 1. The highest BCUT2D eigenvalue weighted by atomic mass is 79.9. The zero-order valence-corrected chi connectivity index (χ0v) is 14.3. The summed E-state index contributed by atoms with van der Waals surface area (Å²) < 4.78 is 6.02. The number of para-hydroxylation sites is 1. The number of benzene rings is 2. The van der Waals surface area contributed by atoms with Gasteiger partial charge in [-0.3, -0.25) is 0 Å². The Balaban J connectivity index is 2.33. The Morgan fingerprint density at radius 1 is 1.10 bits per heavy atom. The molecule has 20 heavy (non-hydrogen) atoms. The summed E-state index contributed by atoms with van der Waals surface area (Å²) in [5, 5.41) is 1.46. The summed E-state index contributed by atoms with van der Waals surface area (Å²) in [6.45, 7) is 6.53. The Morgan fingerprint density at radius 2 is 1.80 bits per heavy atom. The van der Waals surface area contributed by atoms with Crippen molar-refractivity contribution in [1.29, 1.82) is 0 Å². The predicted octanol–water partition coefficient (Wildman–Crippen LogP) is 6.32. The van der Waals surface area contributed by atoms with Gasteiger partial charge in [0.15, 0.2) is 0 Å². The Morgan fingerprint density at radius 3 is 2.40 bits per heavy atom. The molecule has 2 aromatic rings. The third kappa shape index (κ3) is 3.56. The number of alkyl halides is 1. The van der Waals surface area contributed by atoms with Gasteiger partial charge in [0.1, 0.15) is 11.5 Å². The molecule has 2 aromatic carbocycles. The molecule has 0 saturated carbocycles. The van der Waals surface area contributed by atoms with Gasteiger partial charge in [-0.25, -0.2) is 0 Å². The Labute approximate surface area is 134 Å². The Kier molecular flexibility index (Phi) is 4.77. The molecule has 0 radical (unpaired) electrons. The molecular weight excluding hydrogens is 336 g/mol. The zero-order valence-electron chi connectivity index (χ0n) is 11.9. The van der Waals surface area contributed by atoms with Crippen LogP contribution in [0.2, 0.25) is 5.02 Å². The van der Waals surface area contributed by atoms with Crippen molar-refractivity contribution in [2.75, 3.05) is 0 Å². The van der Waals surface area contributed by atoms with Crippen LogP contribution in [-0.4, -0.2) is 0 Å². The van der Waals surface area contributed by atoms with Gasteiger partial charge in [0.25, 0.3) is 0 Å². The van der Waals surface area contributed by atoms with E-state index in [0.29, 0.717) is 5.02 Å². The van der Waals surface area contributed by atoms with Crippen molar-refractivity contribution in [3.05, 3.63) is 58.6 Å². The normalized spacial score (nSPS) is 11.4. The van der Waals surface area contributed by atoms with Crippen LogP contribution in [0.25, 0.3) is 0 Å². The molecule has 3 heteroatoms. The minimum absolute atomic E-state index is 0.0379. The van der Waals surface area contributed by atoms with Crippen LogP contribution in [0.15, 0.2) is 42.5 Å². The molecule has 0 aromatic heterocycles. The molecule has 0 N–H and O–H groups in total. The number of hydrogen-bond donors (Lipinski definition) is 0. The molecule has 106 valence electrons. The average Bonchev–Trinajstić information content (AvgIpc) is 2.38. The van der Waals surface area contributed by atoms with Gasteiger partial charge in [0.05, 0.1) is 0 Å². The van der Waals surface area contributed by atoms with Crippen molar-refractivity contribution in [2.45, 2.75) is 31.5 Å². The van der Waals surface area contributed by atoms with Crippen molar-refractivity contribution in [3.8, 4) is 11.5 Å². The highest BCUT2D eigenvalue weighted by Crippen LogP contribution is 2.35. The molecule has 0 aliphatic heterocycles. The van der Waals surface area contributed by atoms with Gasteiger partial charge in [0, 0.05) is 15.9 Å². The second-order valence-corrected chi connectivity index (χ2v) is 6.70. The molecule has 0 aliphatic carbocycles. The smallest absolute Gasteiger partial charge is 0.131 e. The zero-order chi connectivity index (χ0) is 14.8. The van der Waals surface area contributed by atoms with Crippen LogP contribution in [-0.2, 0) is 10.7 Å². The summed E-state index contributed by atoms with van der Waals surface area (Å²) in [5.74, 6) is 1.64. The van der Waals surface area contributed by atoms with E-state index in [1.165, 1.54) is 5.56 Å². The number of rotatable bonds is 3. The predicted molar refractivity (Wildman–Crippen MR) is 89.3 cm³/mol. The van der Waals surface area contributed by atoms with Crippen molar-refractivity contribution < 1.29 is 4.74 Å². The molecule has 0 bridgehead atoms. The van der Waals surface area contributed by atoms with E-state index in [-0.39, 0.29) is 5.41 Å². The first kappa shape index (κ1) is 15.4. The standard InChI is InChI=1S/C17H18BrClO/c1-17(2,3)14-6-4-5-7-16(14)20-13-9-8-12(11-18)15(19)10-13/h4-10H,11H2,1-3H3. The van der Waals surface area contributed by atoms with Crippen molar-refractivity contribution in [3.63, 3.8) is 0 Å². The van der Waals surface area contributed by atoms with Crippen LogP contribution in [0.3, 0.4) is 0 Å². The lowest BCUT2D eigenvalue weighted by atomic mass is 9.86. The van der Waals surface area contributed by atoms with E-state index >= 15 is 0 Å². The van der Waals surface area contributed by atoms with E-state index in [0.717, 1.165) is 22.4 Å². The fourth-order valence-corrected chi connectivity index (χ4v) is 2.89. The molecule has 0 aliphatic rings.